The van der Waals surface area contributed by atoms with Gasteiger partial charge in [-0.1, -0.05) is 30.3 Å². The van der Waals surface area contributed by atoms with Crippen LogP contribution in [-0.4, -0.2) is 28.9 Å². The Hall–Kier alpha value is -3.19. The molecule has 1 amide bonds. The van der Waals surface area contributed by atoms with Crippen LogP contribution in [0.15, 0.2) is 64.0 Å². The Labute approximate surface area is 173 Å². The van der Waals surface area contributed by atoms with Gasteiger partial charge in [0.1, 0.15) is 5.75 Å². The lowest BCUT2D eigenvalue weighted by atomic mass is 10.1. The van der Waals surface area contributed by atoms with E-state index in [-0.39, 0.29) is 18.6 Å². The van der Waals surface area contributed by atoms with Crippen molar-refractivity contribution < 1.29 is 9.53 Å². The van der Waals surface area contributed by atoms with E-state index in [9.17, 15) is 4.79 Å². The molecule has 1 aliphatic heterocycles. The van der Waals surface area contributed by atoms with E-state index in [2.05, 4.69) is 5.32 Å². The quantitative estimate of drug-likeness (QED) is 0.662. The Morgan fingerprint density at radius 2 is 2.00 bits per heavy atom. The van der Waals surface area contributed by atoms with Crippen molar-refractivity contribution in [1.82, 2.24) is 4.68 Å². The average molecular weight is 407 g/mol. The Morgan fingerprint density at radius 1 is 1.21 bits per heavy atom. The Balaban J connectivity index is 1.84. The lowest BCUT2D eigenvalue weighted by molar-refractivity contribution is -0.118. The highest BCUT2D eigenvalue weighted by Gasteiger charge is 2.18. The van der Waals surface area contributed by atoms with Crippen molar-refractivity contribution >= 4 is 28.6 Å². The molecule has 3 aromatic rings. The van der Waals surface area contributed by atoms with Crippen LogP contribution in [0.4, 0.5) is 5.69 Å². The maximum atomic E-state index is 11.7. The fourth-order valence-corrected chi connectivity index (χ4v) is 4.00. The molecule has 0 aliphatic carbocycles. The fourth-order valence-electron chi connectivity index (χ4n) is 3.03. The summed E-state index contributed by atoms with van der Waals surface area (Å²) in [5.41, 5.74) is 4.46. The zero-order chi connectivity index (χ0) is 20.4. The summed E-state index contributed by atoms with van der Waals surface area (Å²) in [5.74, 6) is 0.521. The van der Waals surface area contributed by atoms with E-state index in [0.717, 1.165) is 27.3 Å². The van der Waals surface area contributed by atoms with Gasteiger partial charge in [-0.25, -0.2) is 4.68 Å². The van der Waals surface area contributed by atoms with Crippen LogP contribution in [0.3, 0.4) is 0 Å². The van der Waals surface area contributed by atoms with E-state index in [4.69, 9.17) is 14.8 Å². The van der Waals surface area contributed by atoms with Crippen LogP contribution in [0.2, 0.25) is 0 Å². The number of carbonyl (C=O) groups excluding carboxylic acids is 1. The monoisotopic (exact) mass is 406 g/mol. The van der Waals surface area contributed by atoms with Gasteiger partial charge in [-0.05, 0) is 44.5 Å². The number of rotatable bonds is 4. The fraction of sp³-hybridized carbons (Fsp3) is 0.227. The third-order valence-corrected chi connectivity index (χ3v) is 5.23. The van der Waals surface area contributed by atoms with Crippen molar-refractivity contribution in [2.24, 2.45) is 10.1 Å². The number of anilines is 1. The molecule has 1 N–H and O–H groups in total. The van der Waals surface area contributed by atoms with Crippen molar-refractivity contribution in [3.8, 4) is 17.0 Å². The Kier molecular flexibility index (Phi) is 5.31. The number of carbonyl (C=O) groups is 1. The van der Waals surface area contributed by atoms with E-state index in [0.29, 0.717) is 11.4 Å². The van der Waals surface area contributed by atoms with Crippen LogP contribution >= 0.6 is 11.3 Å². The molecule has 1 aliphatic rings. The Bertz CT molecular complexity index is 1140. The smallest absolute Gasteiger partial charge is 0.262 e. The van der Waals surface area contributed by atoms with Crippen molar-refractivity contribution in [2.75, 3.05) is 11.9 Å². The molecule has 6 nitrogen and oxygen atoms in total. The lowest BCUT2D eigenvalue weighted by Gasteiger charge is -2.18. The van der Waals surface area contributed by atoms with Crippen LogP contribution < -0.4 is 14.9 Å². The second kappa shape index (κ2) is 8.05. The van der Waals surface area contributed by atoms with E-state index < -0.39 is 0 Å². The molecule has 0 radical (unpaired) electrons. The summed E-state index contributed by atoms with van der Waals surface area (Å²) < 4.78 is 7.35. The third kappa shape index (κ3) is 4.14. The molecular formula is C22H22N4O2S. The molecule has 7 heteroatoms. The maximum Gasteiger partial charge on any atom is 0.262 e. The molecule has 2 aromatic carbocycles. The molecule has 0 bridgehead atoms. The highest BCUT2D eigenvalue weighted by molar-refractivity contribution is 7.07. The van der Waals surface area contributed by atoms with E-state index in [1.165, 1.54) is 0 Å². The molecule has 148 valence electrons. The van der Waals surface area contributed by atoms with Gasteiger partial charge in [0.25, 0.3) is 5.91 Å². The van der Waals surface area contributed by atoms with Gasteiger partial charge in [-0.3, -0.25) is 9.79 Å². The molecule has 4 rings (SSSR count). The van der Waals surface area contributed by atoms with Gasteiger partial charge in [0.2, 0.25) is 4.80 Å². The summed E-state index contributed by atoms with van der Waals surface area (Å²) in [6.07, 6.45) is 0. The minimum Gasteiger partial charge on any atom is -0.482 e. The van der Waals surface area contributed by atoms with Crippen LogP contribution in [0.1, 0.15) is 26.3 Å². The van der Waals surface area contributed by atoms with E-state index in [1.54, 1.807) is 11.3 Å². The standard InChI is InChI=1S/C22H22N4O2S/c1-14(2)23-22-26(25-15(3)16-7-5-4-6-8-16)19(13-29-22)17-9-10-20-18(11-17)24-21(27)12-28-20/h4-11,13-14H,12H2,1-3H3,(H,24,27). The molecule has 0 spiro atoms. The maximum absolute atomic E-state index is 11.7. The number of nitrogens with one attached hydrogen (secondary N) is 1. The Morgan fingerprint density at radius 3 is 2.76 bits per heavy atom. The first-order valence-corrected chi connectivity index (χ1v) is 10.3. The summed E-state index contributed by atoms with van der Waals surface area (Å²) in [5, 5.41) is 9.78. The van der Waals surface area contributed by atoms with E-state index >= 15 is 0 Å². The molecular weight excluding hydrogens is 384 g/mol. The predicted octanol–water partition coefficient (Wildman–Crippen LogP) is 4.13. The molecule has 0 unspecified atom stereocenters. The van der Waals surface area contributed by atoms with Crippen LogP contribution in [0, 0.1) is 0 Å². The number of aromatic nitrogens is 1. The minimum atomic E-state index is -0.152. The number of hydrogen-bond acceptors (Lipinski definition) is 5. The summed E-state index contributed by atoms with van der Waals surface area (Å²) in [6, 6.07) is 16.0. The number of ether oxygens (including phenoxy) is 1. The van der Waals surface area contributed by atoms with Gasteiger partial charge < -0.3 is 10.1 Å². The predicted molar refractivity (Wildman–Crippen MR) is 117 cm³/mol. The normalized spacial score (nSPS) is 14.6. The number of fused-ring (bicyclic) bond motifs is 1. The summed E-state index contributed by atoms with van der Waals surface area (Å²) >= 11 is 1.55. The summed E-state index contributed by atoms with van der Waals surface area (Å²) in [7, 11) is 0. The van der Waals surface area contributed by atoms with Crippen molar-refractivity contribution in [3.05, 3.63) is 64.3 Å². The number of hydrogen-bond donors (Lipinski definition) is 1. The van der Waals surface area contributed by atoms with Gasteiger partial charge in [0.15, 0.2) is 6.61 Å². The van der Waals surface area contributed by atoms with Crippen molar-refractivity contribution in [1.29, 1.82) is 0 Å². The number of thiazole rings is 1. The first-order chi connectivity index (χ1) is 14.0. The molecule has 1 aromatic heterocycles. The highest BCUT2D eigenvalue weighted by atomic mass is 32.1. The van der Waals surface area contributed by atoms with Crippen LogP contribution in [0.5, 0.6) is 5.75 Å². The zero-order valence-corrected chi connectivity index (χ0v) is 17.4. The second-order valence-electron chi connectivity index (χ2n) is 7.04. The SMILES string of the molecule is CC(=Nn1c(-c2ccc3c(c2)NC(=O)CO3)csc1=NC(C)C)c1ccccc1. The van der Waals surface area contributed by atoms with Gasteiger partial charge in [0.05, 0.1) is 17.1 Å². The minimum absolute atomic E-state index is 0.0444. The van der Waals surface area contributed by atoms with E-state index in [1.807, 2.05) is 79.4 Å². The highest BCUT2D eigenvalue weighted by Crippen LogP contribution is 2.33. The number of amides is 1. The topological polar surface area (TPSA) is 68.0 Å². The van der Waals surface area contributed by atoms with Crippen molar-refractivity contribution in [2.45, 2.75) is 26.8 Å². The largest absolute Gasteiger partial charge is 0.482 e. The first-order valence-electron chi connectivity index (χ1n) is 9.44. The van der Waals surface area contributed by atoms with Crippen LogP contribution in [-0.2, 0) is 4.79 Å². The van der Waals surface area contributed by atoms with Gasteiger partial charge in [0, 0.05) is 17.0 Å². The molecule has 0 atom stereocenters. The van der Waals surface area contributed by atoms with Gasteiger partial charge in [-0.15, -0.1) is 11.3 Å². The summed E-state index contributed by atoms with van der Waals surface area (Å²) in [4.78, 5) is 17.2. The lowest BCUT2D eigenvalue weighted by Crippen LogP contribution is -2.25. The molecule has 0 saturated heterocycles. The average Bonchev–Trinajstić information content (AvgIpc) is 3.09. The molecule has 0 fully saturated rings. The van der Waals surface area contributed by atoms with Crippen molar-refractivity contribution in [3.63, 3.8) is 0 Å². The first kappa shape index (κ1) is 19.1. The van der Waals surface area contributed by atoms with Crippen LogP contribution in [0.25, 0.3) is 11.3 Å². The number of benzene rings is 2. The third-order valence-electron chi connectivity index (χ3n) is 4.40. The zero-order valence-electron chi connectivity index (χ0n) is 16.5. The molecule has 29 heavy (non-hydrogen) atoms. The second-order valence-corrected chi connectivity index (χ2v) is 7.87. The molecule has 0 saturated carbocycles. The number of nitrogens with zero attached hydrogens (tertiary/aromatic N) is 3. The van der Waals surface area contributed by atoms with Gasteiger partial charge >= 0.3 is 0 Å². The molecule has 2 heterocycles. The van der Waals surface area contributed by atoms with Gasteiger partial charge in [-0.2, -0.15) is 5.10 Å². The summed E-state index contributed by atoms with van der Waals surface area (Å²) in [6.45, 7) is 6.12.